The molecule has 0 radical (unpaired) electrons. The molecule has 0 bridgehead atoms. The number of para-hydroxylation sites is 1. The molecule has 3 amide bonds. The number of likely N-dealkylation sites (tertiary alicyclic amines) is 1. The van der Waals surface area contributed by atoms with E-state index in [1.807, 2.05) is 34.1 Å². The van der Waals surface area contributed by atoms with Crippen LogP contribution in [0.4, 0.5) is 4.79 Å². The molecule has 0 atom stereocenters. The molecule has 2 aliphatic heterocycles. The summed E-state index contributed by atoms with van der Waals surface area (Å²) < 4.78 is 0. The Balaban J connectivity index is 1.04. The van der Waals surface area contributed by atoms with Crippen LogP contribution < -0.4 is 5.32 Å². The van der Waals surface area contributed by atoms with E-state index in [4.69, 9.17) is 11.6 Å². The minimum Gasteiger partial charge on any atom is -0.385 e. The normalized spacial score (nSPS) is 17.3. The number of nitrogens with one attached hydrogen (secondary N) is 2. The molecule has 2 aliphatic rings. The number of piperidine rings is 1. The van der Waals surface area contributed by atoms with Crippen molar-refractivity contribution in [2.45, 2.75) is 44.2 Å². The second kappa shape index (κ2) is 9.91. The van der Waals surface area contributed by atoms with Gasteiger partial charge in [-0.15, -0.1) is 0 Å². The van der Waals surface area contributed by atoms with E-state index in [0.29, 0.717) is 63.4 Å². The highest BCUT2D eigenvalue weighted by molar-refractivity contribution is 6.30. The van der Waals surface area contributed by atoms with Crippen molar-refractivity contribution < 1.29 is 14.7 Å². The number of urea groups is 1. The second-order valence-electron chi connectivity index (χ2n) is 9.55. The Morgan fingerprint density at radius 1 is 1.03 bits per heavy atom. The molecule has 1 saturated heterocycles. The van der Waals surface area contributed by atoms with Crippen LogP contribution in [0.5, 0.6) is 0 Å². The van der Waals surface area contributed by atoms with Crippen LogP contribution in [0.3, 0.4) is 0 Å². The summed E-state index contributed by atoms with van der Waals surface area (Å²) in [5.74, 6) is 0.0677. The topological polar surface area (TPSA) is 88.7 Å². The van der Waals surface area contributed by atoms with E-state index in [-0.39, 0.29) is 11.9 Å². The maximum absolute atomic E-state index is 12.7. The Hall–Kier alpha value is -3.03. The average molecular weight is 495 g/mol. The van der Waals surface area contributed by atoms with Crippen LogP contribution in [0.15, 0.2) is 48.5 Å². The van der Waals surface area contributed by atoms with E-state index in [1.165, 1.54) is 10.9 Å². The zero-order chi connectivity index (χ0) is 24.4. The van der Waals surface area contributed by atoms with Gasteiger partial charge < -0.3 is 25.2 Å². The maximum atomic E-state index is 12.7. The van der Waals surface area contributed by atoms with Crippen molar-refractivity contribution in [3.05, 3.63) is 70.4 Å². The lowest BCUT2D eigenvalue weighted by Gasteiger charge is -2.38. The molecule has 3 heterocycles. The number of carbonyl (C=O) groups is 2. The van der Waals surface area contributed by atoms with Gasteiger partial charge in [-0.05, 0) is 55.0 Å². The number of benzene rings is 2. The third-order valence-corrected chi connectivity index (χ3v) is 7.59. The van der Waals surface area contributed by atoms with Crippen molar-refractivity contribution >= 4 is 34.4 Å². The minimum atomic E-state index is -0.922. The van der Waals surface area contributed by atoms with Crippen LogP contribution in [0.25, 0.3) is 10.9 Å². The van der Waals surface area contributed by atoms with Crippen LogP contribution in [-0.2, 0) is 23.4 Å². The van der Waals surface area contributed by atoms with E-state index in [9.17, 15) is 14.7 Å². The Labute approximate surface area is 210 Å². The molecule has 5 rings (SSSR count). The summed E-state index contributed by atoms with van der Waals surface area (Å²) in [5, 5.41) is 15.8. The number of amides is 3. The first kappa shape index (κ1) is 23.7. The molecule has 1 aromatic heterocycles. The number of aromatic amines is 1. The molecule has 1 fully saturated rings. The highest BCUT2D eigenvalue weighted by Crippen LogP contribution is 2.33. The SMILES string of the molecule is O=C(CCCNC(=O)N1CCc2c([nH]c3ccccc23)C1)N1CCC(O)(c2ccc(Cl)cc2)CC1. The Morgan fingerprint density at radius 2 is 1.77 bits per heavy atom. The van der Waals surface area contributed by atoms with Crippen molar-refractivity contribution in [2.24, 2.45) is 0 Å². The third-order valence-electron chi connectivity index (χ3n) is 7.34. The first-order valence-electron chi connectivity index (χ1n) is 12.3. The molecular weight excluding hydrogens is 464 g/mol. The molecule has 0 spiro atoms. The second-order valence-corrected chi connectivity index (χ2v) is 9.99. The van der Waals surface area contributed by atoms with Crippen LogP contribution >= 0.6 is 11.6 Å². The maximum Gasteiger partial charge on any atom is 0.317 e. The van der Waals surface area contributed by atoms with Crippen LogP contribution in [-0.4, -0.2) is 58.0 Å². The van der Waals surface area contributed by atoms with Crippen molar-refractivity contribution in [3.8, 4) is 0 Å². The number of hydrogen-bond acceptors (Lipinski definition) is 3. The van der Waals surface area contributed by atoms with Gasteiger partial charge in [-0.3, -0.25) is 4.79 Å². The van der Waals surface area contributed by atoms with E-state index in [0.717, 1.165) is 23.2 Å². The average Bonchev–Trinajstić information content (AvgIpc) is 3.25. The lowest BCUT2D eigenvalue weighted by atomic mass is 9.84. The predicted octanol–water partition coefficient (Wildman–Crippen LogP) is 4.18. The molecule has 3 aromatic rings. The van der Waals surface area contributed by atoms with Gasteiger partial charge in [0.05, 0.1) is 12.1 Å². The highest BCUT2D eigenvalue weighted by Gasteiger charge is 2.35. The van der Waals surface area contributed by atoms with Gasteiger partial charge in [-0.1, -0.05) is 41.9 Å². The number of rotatable bonds is 5. The predicted molar refractivity (Wildman–Crippen MR) is 136 cm³/mol. The molecule has 7 nitrogen and oxygen atoms in total. The monoisotopic (exact) mass is 494 g/mol. The van der Waals surface area contributed by atoms with Crippen LogP contribution in [0.1, 0.15) is 42.5 Å². The third kappa shape index (κ3) is 5.02. The Kier molecular flexibility index (Phi) is 6.71. The molecular formula is C27H31ClN4O3. The standard InChI is InChI=1S/C27H31ClN4O3/c28-20-9-7-19(8-10-20)27(35)12-16-31(17-13-27)25(33)6-3-14-29-26(34)32-15-11-22-21-4-1-2-5-23(21)30-24(22)18-32/h1-2,4-5,7-10,30,35H,3,6,11-18H2,(H,29,34). The largest absolute Gasteiger partial charge is 0.385 e. The molecule has 3 N–H and O–H groups in total. The summed E-state index contributed by atoms with van der Waals surface area (Å²) in [6.07, 6.45) is 2.81. The molecule has 0 unspecified atom stereocenters. The molecule has 2 aromatic carbocycles. The van der Waals surface area contributed by atoms with Gasteiger partial charge in [0.15, 0.2) is 0 Å². The fourth-order valence-electron chi connectivity index (χ4n) is 5.25. The van der Waals surface area contributed by atoms with Gasteiger partial charge >= 0.3 is 6.03 Å². The number of hydrogen-bond donors (Lipinski definition) is 3. The fourth-order valence-corrected chi connectivity index (χ4v) is 5.37. The first-order chi connectivity index (χ1) is 16.9. The van der Waals surface area contributed by atoms with Gasteiger partial charge in [0.2, 0.25) is 5.91 Å². The van der Waals surface area contributed by atoms with Crippen molar-refractivity contribution in [2.75, 3.05) is 26.2 Å². The lowest BCUT2D eigenvalue weighted by molar-refractivity contribution is -0.135. The van der Waals surface area contributed by atoms with Gasteiger partial charge in [-0.2, -0.15) is 0 Å². The number of H-pyrrole nitrogens is 1. The zero-order valence-corrected chi connectivity index (χ0v) is 20.5. The number of aromatic nitrogens is 1. The zero-order valence-electron chi connectivity index (χ0n) is 19.7. The summed E-state index contributed by atoms with van der Waals surface area (Å²) in [6.45, 7) is 2.75. The van der Waals surface area contributed by atoms with Crippen LogP contribution in [0.2, 0.25) is 5.02 Å². The van der Waals surface area contributed by atoms with Crippen molar-refractivity contribution in [3.63, 3.8) is 0 Å². The van der Waals surface area contributed by atoms with E-state index in [2.05, 4.69) is 22.4 Å². The highest BCUT2D eigenvalue weighted by atomic mass is 35.5. The number of halogens is 1. The summed E-state index contributed by atoms with van der Waals surface area (Å²) in [7, 11) is 0. The number of nitrogens with zero attached hydrogens (tertiary/aromatic N) is 2. The summed E-state index contributed by atoms with van der Waals surface area (Å²) >= 11 is 5.96. The van der Waals surface area contributed by atoms with Gasteiger partial charge in [0.25, 0.3) is 0 Å². The summed E-state index contributed by atoms with van der Waals surface area (Å²) in [5.41, 5.74) is 3.44. The lowest BCUT2D eigenvalue weighted by Crippen LogP contribution is -2.45. The van der Waals surface area contributed by atoms with Crippen molar-refractivity contribution in [1.29, 1.82) is 0 Å². The van der Waals surface area contributed by atoms with E-state index >= 15 is 0 Å². The number of aliphatic hydroxyl groups is 1. The number of carbonyl (C=O) groups excluding carboxylic acids is 2. The summed E-state index contributed by atoms with van der Waals surface area (Å²) in [6, 6.07) is 15.4. The van der Waals surface area contributed by atoms with Crippen molar-refractivity contribution in [1.82, 2.24) is 20.1 Å². The Morgan fingerprint density at radius 3 is 2.54 bits per heavy atom. The van der Waals surface area contributed by atoms with Gasteiger partial charge in [0, 0.05) is 54.2 Å². The molecule has 35 heavy (non-hydrogen) atoms. The fraction of sp³-hybridized carbons (Fsp3) is 0.407. The molecule has 8 heteroatoms. The first-order valence-corrected chi connectivity index (χ1v) is 12.7. The van der Waals surface area contributed by atoms with Gasteiger partial charge in [0.1, 0.15) is 0 Å². The van der Waals surface area contributed by atoms with Gasteiger partial charge in [-0.25, -0.2) is 4.79 Å². The number of fused-ring (bicyclic) bond motifs is 3. The van der Waals surface area contributed by atoms with E-state index in [1.54, 1.807) is 12.1 Å². The quantitative estimate of drug-likeness (QED) is 0.465. The Bertz CT molecular complexity index is 1210. The summed E-state index contributed by atoms with van der Waals surface area (Å²) in [4.78, 5) is 32.4. The molecule has 184 valence electrons. The van der Waals surface area contributed by atoms with Crippen LogP contribution in [0, 0.1) is 0 Å². The molecule has 0 aliphatic carbocycles. The van der Waals surface area contributed by atoms with E-state index < -0.39 is 5.60 Å². The smallest absolute Gasteiger partial charge is 0.317 e. The minimum absolute atomic E-state index is 0.0677. The molecule has 0 saturated carbocycles.